The molecule has 0 N–H and O–H groups in total. The summed E-state index contributed by atoms with van der Waals surface area (Å²) in [5, 5.41) is 0. The van der Waals surface area contributed by atoms with Crippen LogP contribution in [0.15, 0.2) is 36.4 Å². The van der Waals surface area contributed by atoms with Crippen LogP contribution in [0.1, 0.15) is 51.3 Å². The van der Waals surface area contributed by atoms with Crippen LogP contribution in [0.3, 0.4) is 0 Å². The van der Waals surface area contributed by atoms with Gasteiger partial charge in [0.1, 0.15) is 0 Å². The van der Waals surface area contributed by atoms with Crippen molar-refractivity contribution in [3.63, 3.8) is 0 Å². The highest BCUT2D eigenvalue weighted by molar-refractivity contribution is 5.71. The van der Waals surface area contributed by atoms with Gasteiger partial charge in [0.2, 0.25) is 0 Å². The third kappa shape index (κ3) is 2.95. The standard InChI is InChI=1S/C20H25/c1-6-15-10-8-11-16(7-2)19(15)17-12-9-13-18(14-17)20(3,4)5/h8-11,13-14H,6-7H2,1-5H3. The summed E-state index contributed by atoms with van der Waals surface area (Å²) in [6, 6.07) is 16.7. The van der Waals surface area contributed by atoms with Gasteiger partial charge in [-0.1, -0.05) is 65.0 Å². The topological polar surface area (TPSA) is 0 Å². The van der Waals surface area contributed by atoms with Crippen LogP contribution in [-0.4, -0.2) is 0 Å². The monoisotopic (exact) mass is 265 g/mol. The van der Waals surface area contributed by atoms with E-state index in [1.807, 2.05) is 0 Å². The van der Waals surface area contributed by atoms with Gasteiger partial charge in [0.25, 0.3) is 0 Å². The van der Waals surface area contributed by atoms with Crippen LogP contribution < -0.4 is 0 Å². The van der Waals surface area contributed by atoms with Crippen LogP contribution in [0.25, 0.3) is 11.1 Å². The predicted octanol–water partition coefficient (Wildman–Crippen LogP) is 5.58. The van der Waals surface area contributed by atoms with Crippen molar-refractivity contribution in [2.24, 2.45) is 0 Å². The summed E-state index contributed by atoms with van der Waals surface area (Å²) < 4.78 is 0. The Morgan fingerprint density at radius 3 is 2.05 bits per heavy atom. The highest BCUT2D eigenvalue weighted by Crippen LogP contribution is 2.32. The number of rotatable bonds is 3. The highest BCUT2D eigenvalue weighted by Gasteiger charge is 2.16. The van der Waals surface area contributed by atoms with Crippen molar-refractivity contribution < 1.29 is 0 Å². The minimum Gasteiger partial charge on any atom is -0.0617 e. The van der Waals surface area contributed by atoms with Crippen LogP contribution in [0, 0.1) is 6.07 Å². The first-order chi connectivity index (χ1) is 9.47. The van der Waals surface area contributed by atoms with E-state index >= 15 is 0 Å². The molecule has 2 aromatic rings. The maximum atomic E-state index is 3.45. The van der Waals surface area contributed by atoms with Crippen molar-refractivity contribution in [3.05, 3.63) is 59.2 Å². The molecule has 0 unspecified atom stereocenters. The van der Waals surface area contributed by atoms with Crippen molar-refractivity contribution in [3.8, 4) is 11.1 Å². The Morgan fingerprint density at radius 2 is 1.55 bits per heavy atom. The number of hydrogen-bond donors (Lipinski definition) is 0. The first-order valence-corrected chi connectivity index (χ1v) is 7.60. The minimum atomic E-state index is 0.178. The zero-order valence-corrected chi connectivity index (χ0v) is 13.4. The van der Waals surface area contributed by atoms with E-state index in [9.17, 15) is 0 Å². The van der Waals surface area contributed by atoms with Crippen molar-refractivity contribution in [2.45, 2.75) is 52.9 Å². The zero-order chi connectivity index (χ0) is 14.8. The summed E-state index contributed by atoms with van der Waals surface area (Å²) in [6.45, 7) is 11.2. The van der Waals surface area contributed by atoms with E-state index in [4.69, 9.17) is 0 Å². The summed E-state index contributed by atoms with van der Waals surface area (Å²) in [5.74, 6) is 0. The van der Waals surface area contributed by atoms with Gasteiger partial charge >= 0.3 is 0 Å². The molecular formula is C20H25. The lowest BCUT2D eigenvalue weighted by Gasteiger charge is -2.21. The van der Waals surface area contributed by atoms with Crippen molar-refractivity contribution in [2.75, 3.05) is 0 Å². The normalized spacial score (nSPS) is 11.7. The van der Waals surface area contributed by atoms with E-state index < -0.39 is 0 Å². The van der Waals surface area contributed by atoms with E-state index in [1.165, 1.54) is 27.8 Å². The molecule has 2 aromatic carbocycles. The maximum absolute atomic E-state index is 3.45. The zero-order valence-electron chi connectivity index (χ0n) is 13.4. The molecule has 0 heterocycles. The molecule has 0 atom stereocenters. The van der Waals surface area contributed by atoms with E-state index in [0.717, 1.165) is 12.8 Å². The average molecular weight is 265 g/mol. The Hall–Kier alpha value is -1.56. The Bertz CT molecular complexity index is 563. The van der Waals surface area contributed by atoms with Gasteiger partial charge in [0.05, 0.1) is 0 Å². The molecule has 0 saturated carbocycles. The molecule has 20 heavy (non-hydrogen) atoms. The van der Waals surface area contributed by atoms with Crippen molar-refractivity contribution >= 4 is 0 Å². The largest absolute Gasteiger partial charge is 0.0617 e. The van der Waals surface area contributed by atoms with Gasteiger partial charge < -0.3 is 0 Å². The van der Waals surface area contributed by atoms with Crippen LogP contribution >= 0.6 is 0 Å². The Labute approximate surface area is 123 Å². The lowest BCUT2D eigenvalue weighted by Crippen LogP contribution is -2.11. The van der Waals surface area contributed by atoms with Crippen LogP contribution in [-0.2, 0) is 18.3 Å². The first-order valence-electron chi connectivity index (χ1n) is 7.60. The second-order valence-electron chi connectivity index (χ2n) is 6.40. The smallest absolute Gasteiger partial charge is 0.00967 e. The molecule has 0 fully saturated rings. The van der Waals surface area contributed by atoms with E-state index in [2.05, 4.69) is 77.1 Å². The predicted molar refractivity (Wildman–Crippen MR) is 88.2 cm³/mol. The van der Waals surface area contributed by atoms with Gasteiger partial charge in [-0.15, -0.1) is 0 Å². The molecule has 0 heteroatoms. The number of aryl methyl sites for hydroxylation is 2. The maximum Gasteiger partial charge on any atom is -0.00967 e. The van der Waals surface area contributed by atoms with Crippen LogP contribution in [0.2, 0.25) is 0 Å². The fraction of sp³-hybridized carbons (Fsp3) is 0.400. The Kier molecular flexibility index (Phi) is 4.32. The van der Waals surface area contributed by atoms with Gasteiger partial charge in [-0.25, -0.2) is 0 Å². The lowest BCUT2D eigenvalue weighted by molar-refractivity contribution is 0.590. The molecule has 0 spiro atoms. The average Bonchev–Trinajstić information content (AvgIpc) is 2.45. The third-order valence-electron chi connectivity index (χ3n) is 3.94. The quantitative estimate of drug-likeness (QED) is 0.680. The molecule has 0 aliphatic carbocycles. The number of hydrogen-bond acceptors (Lipinski definition) is 0. The molecule has 105 valence electrons. The van der Waals surface area contributed by atoms with Crippen LogP contribution in [0.5, 0.6) is 0 Å². The van der Waals surface area contributed by atoms with E-state index in [-0.39, 0.29) is 5.41 Å². The lowest BCUT2D eigenvalue weighted by atomic mass is 9.84. The van der Waals surface area contributed by atoms with Gasteiger partial charge in [-0.3, -0.25) is 0 Å². The van der Waals surface area contributed by atoms with E-state index in [0.29, 0.717) is 0 Å². The second-order valence-corrected chi connectivity index (χ2v) is 6.40. The minimum absolute atomic E-state index is 0.178. The third-order valence-corrected chi connectivity index (χ3v) is 3.94. The molecule has 0 amide bonds. The SMILES string of the molecule is CCc1cccc(CC)c1-c1[c]ccc(C(C)(C)C)c1. The summed E-state index contributed by atoms with van der Waals surface area (Å²) >= 11 is 0. The molecule has 1 radical (unpaired) electrons. The van der Waals surface area contributed by atoms with Gasteiger partial charge in [-0.2, -0.15) is 0 Å². The molecular weight excluding hydrogens is 240 g/mol. The number of benzene rings is 2. The molecule has 0 aromatic heterocycles. The van der Waals surface area contributed by atoms with Gasteiger partial charge in [0, 0.05) is 0 Å². The molecule has 0 aliphatic rings. The molecule has 2 rings (SSSR count). The summed E-state index contributed by atoms with van der Waals surface area (Å²) in [4.78, 5) is 0. The van der Waals surface area contributed by atoms with Gasteiger partial charge in [0.15, 0.2) is 0 Å². The highest BCUT2D eigenvalue weighted by atomic mass is 14.2. The first kappa shape index (κ1) is 14.8. The summed E-state index contributed by atoms with van der Waals surface area (Å²) in [5.41, 5.74) is 7.03. The Balaban J connectivity index is 2.62. The second kappa shape index (κ2) is 5.83. The van der Waals surface area contributed by atoms with Crippen molar-refractivity contribution in [1.82, 2.24) is 0 Å². The molecule has 0 aliphatic heterocycles. The fourth-order valence-electron chi connectivity index (χ4n) is 2.67. The molecule has 0 bridgehead atoms. The fourth-order valence-corrected chi connectivity index (χ4v) is 2.67. The van der Waals surface area contributed by atoms with Gasteiger partial charge in [-0.05, 0) is 58.2 Å². The van der Waals surface area contributed by atoms with Crippen molar-refractivity contribution in [1.29, 1.82) is 0 Å². The summed E-state index contributed by atoms with van der Waals surface area (Å²) in [6.07, 6.45) is 2.13. The van der Waals surface area contributed by atoms with E-state index in [1.54, 1.807) is 0 Å². The molecule has 0 saturated heterocycles. The summed E-state index contributed by atoms with van der Waals surface area (Å²) in [7, 11) is 0. The van der Waals surface area contributed by atoms with Crippen LogP contribution in [0.4, 0.5) is 0 Å². The Morgan fingerprint density at radius 1 is 0.950 bits per heavy atom. The molecule has 0 nitrogen and oxygen atoms in total.